The van der Waals surface area contributed by atoms with E-state index in [9.17, 15) is 0 Å². The molecule has 0 saturated heterocycles. The van der Waals surface area contributed by atoms with Gasteiger partial charge in [-0.05, 0) is 0 Å². The van der Waals surface area contributed by atoms with Crippen LogP contribution in [0.1, 0.15) is 0 Å². The van der Waals surface area contributed by atoms with Gasteiger partial charge < -0.3 is 35.0 Å². The minimum absolute atomic E-state index is 0.117. The lowest BCUT2D eigenvalue weighted by molar-refractivity contribution is -0.0776. The molecule has 0 aliphatic heterocycles. The van der Waals surface area contributed by atoms with Crippen molar-refractivity contribution in [2.24, 2.45) is 5.92 Å². The molecule has 5 N–H and O–H groups in total. The maximum absolute atomic E-state index is 9.03. The van der Waals surface area contributed by atoms with Gasteiger partial charge in [0.15, 0.2) is 0 Å². The minimum Gasteiger partial charge on any atom is -0.396 e. The molecular formula is C10H22O7. The number of aliphatic hydroxyl groups is 5. The maximum Gasteiger partial charge on any atom is 0.104 e. The van der Waals surface area contributed by atoms with Crippen LogP contribution in [0.2, 0.25) is 0 Å². The molecule has 0 aromatic rings. The first-order valence-electron chi connectivity index (χ1n) is 5.49. The van der Waals surface area contributed by atoms with Crippen molar-refractivity contribution >= 4 is 0 Å². The van der Waals surface area contributed by atoms with E-state index in [1.165, 1.54) is 0 Å². The summed E-state index contributed by atoms with van der Waals surface area (Å²) in [5.41, 5.74) is 0. The molecule has 0 atom stereocenters. The van der Waals surface area contributed by atoms with E-state index in [0.29, 0.717) is 0 Å². The van der Waals surface area contributed by atoms with Crippen LogP contribution in [0.5, 0.6) is 0 Å². The molecule has 0 bridgehead atoms. The average molecular weight is 254 g/mol. The van der Waals surface area contributed by atoms with E-state index in [2.05, 4.69) is 0 Å². The normalized spacial score (nSPS) is 12.0. The molecule has 0 radical (unpaired) electrons. The molecule has 0 aromatic heterocycles. The molecule has 0 unspecified atom stereocenters. The predicted molar refractivity (Wildman–Crippen MR) is 58.4 cm³/mol. The second-order valence-electron chi connectivity index (χ2n) is 3.69. The van der Waals surface area contributed by atoms with Gasteiger partial charge >= 0.3 is 0 Å². The van der Waals surface area contributed by atoms with Crippen molar-refractivity contribution in [2.45, 2.75) is 12.2 Å². The van der Waals surface area contributed by atoms with E-state index in [1.54, 1.807) is 0 Å². The summed E-state index contributed by atoms with van der Waals surface area (Å²) in [4.78, 5) is 0. The summed E-state index contributed by atoms with van der Waals surface area (Å²) >= 11 is 0. The fourth-order valence-corrected chi connectivity index (χ4v) is 1.02. The number of hydrogen-bond acceptors (Lipinski definition) is 7. The van der Waals surface area contributed by atoms with Gasteiger partial charge in [0, 0.05) is 5.92 Å². The zero-order valence-electron chi connectivity index (χ0n) is 9.73. The zero-order valence-corrected chi connectivity index (χ0v) is 9.73. The monoisotopic (exact) mass is 254 g/mol. The third kappa shape index (κ3) is 7.61. The Hall–Kier alpha value is -0.280. The highest BCUT2D eigenvalue weighted by molar-refractivity contribution is 4.61. The summed E-state index contributed by atoms with van der Waals surface area (Å²) in [7, 11) is 0. The second-order valence-corrected chi connectivity index (χ2v) is 3.69. The first-order chi connectivity index (χ1) is 8.21. The van der Waals surface area contributed by atoms with Crippen molar-refractivity contribution < 1.29 is 35.0 Å². The molecule has 7 nitrogen and oxygen atoms in total. The van der Waals surface area contributed by atoms with E-state index >= 15 is 0 Å². The molecule has 0 rings (SSSR count). The van der Waals surface area contributed by atoms with Crippen molar-refractivity contribution in [3.8, 4) is 0 Å². The Morgan fingerprint density at radius 3 is 1.18 bits per heavy atom. The number of ether oxygens (including phenoxy) is 2. The molecule has 104 valence electrons. The molecule has 0 fully saturated rings. The minimum atomic E-state index is -0.671. The Balaban J connectivity index is 3.82. The molecule has 0 amide bonds. The van der Waals surface area contributed by atoms with E-state index in [0.717, 1.165) is 0 Å². The van der Waals surface area contributed by atoms with Gasteiger partial charge in [-0.15, -0.1) is 0 Å². The number of rotatable bonds is 11. The first kappa shape index (κ1) is 16.7. The van der Waals surface area contributed by atoms with Gasteiger partial charge in [0.2, 0.25) is 0 Å². The highest BCUT2D eigenvalue weighted by Gasteiger charge is 2.15. The van der Waals surface area contributed by atoms with E-state index in [4.69, 9.17) is 35.0 Å². The topological polar surface area (TPSA) is 120 Å². The zero-order chi connectivity index (χ0) is 13.1. The average Bonchev–Trinajstić information content (AvgIpc) is 2.38. The maximum atomic E-state index is 9.03. The summed E-state index contributed by atoms with van der Waals surface area (Å²) in [6.45, 7) is -1.15. The molecular weight excluding hydrogens is 232 g/mol. The fraction of sp³-hybridized carbons (Fsp3) is 1.00. The summed E-state index contributed by atoms with van der Waals surface area (Å²) in [6.07, 6.45) is -1.34. The summed E-state index contributed by atoms with van der Waals surface area (Å²) in [6, 6.07) is 0. The van der Waals surface area contributed by atoms with Crippen LogP contribution >= 0.6 is 0 Å². The highest BCUT2D eigenvalue weighted by Crippen LogP contribution is 2.03. The van der Waals surface area contributed by atoms with Crippen molar-refractivity contribution in [1.29, 1.82) is 0 Å². The van der Waals surface area contributed by atoms with Crippen molar-refractivity contribution in [2.75, 3.05) is 46.2 Å². The van der Waals surface area contributed by atoms with Gasteiger partial charge in [-0.1, -0.05) is 0 Å². The lowest BCUT2D eigenvalue weighted by atomic mass is 10.2. The Morgan fingerprint density at radius 2 is 0.941 bits per heavy atom. The predicted octanol–water partition coefficient (Wildman–Crippen LogP) is -2.67. The van der Waals surface area contributed by atoms with Crippen molar-refractivity contribution in [1.82, 2.24) is 0 Å². The molecule has 0 saturated carbocycles. The van der Waals surface area contributed by atoms with Crippen molar-refractivity contribution in [3.63, 3.8) is 0 Å². The Kier molecular flexibility index (Phi) is 10.7. The highest BCUT2D eigenvalue weighted by atomic mass is 16.5. The van der Waals surface area contributed by atoms with E-state index in [1.807, 2.05) is 0 Å². The number of hydrogen-bond donors (Lipinski definition) is 5. The summed E-state index contributed by atoms with van der Waals surface area (Å²) in [5, 5.41) is 44.1. The third-order valence-corrected chi connectivity index (χ3v) is 2.21. The van der Waals surface area contributed by atoms with Crippen LogP contribution in [-0.4, -0.2) is 84.0 Å². The van der Waals surface area contributed by atoms with Gasteiger partial charge in [-0.2, -0.15) is 0 Å². The molecule has 7 heteroatoms. The molecule has 0 aromatic carbocycles. The van der Waals surface area contributed by atoms with Crippen LogP contribution in [0.3, 0.4) is 0 Å². The van der Waals surface area contributed by atoms with Crippen LogP contribution in [0.4, 0.5) is 0 Å². The first-order valence-corrected chi connectivity index (χ1v) is 5.49. The fourth-order valence-electron chi connectivity index (χ4n) is 1.02. The Labute approximate surface area is 100 Å². The Morgan fingerprint density at radius 1 is 0.588 bits per heavy atom. The van der Waals surface area contributed by atoms with Crippen LogP contribution in [-0.2, 0) is 9.47 Å². The van der Waals surface area contributed by atoms with Gasteiger partial charge in [-0.25, -0.2) is 0 Å². The summed E-state index contributed by atoms with van der Waals surface area (Å²) in [5.74, 6) is -0.337. The van der Waals surface area contributed by atoms with E-state index in [-0.39, 0.29) is 52.2 Å². The lowest BCUT2D eigenvalue weighted by Crippen LogP contribution is -2.31. The molecule has 0 heterocycles. The van der Waals surface area contributed by atoms with Gasteiger partial charge in [0.05, 0.1) is 46.2 Å². The van der Waals surface area contributed by atoms with Gasteiger partial charge in [-0.3, -0.25) is 0 Å². The number of aliphatic hydroxyl groups excluding tert-OH is 5. The second kappa shape index (κ2) is 10.8. The molecule has 0 spiro atoms. The quantitative estimate of drug-likeness (QED) is 0.273. The SMILES string of the molecule is OCC(COC(CO)CO)COC(CO)CO. The molecule has 0 aliphatic rings. The third-order valence-electron chi connectivity index (χ3n) is 2.21. The van der Waals surface area contributed by atoms with Crippen molar-refractivity contribution in [3.05, 3.63) is 0 Å². The molecule has 17 heavy (non-hydrogen) atoms. The van der Waals surface area contributed by atoms with Crippen LogP contribution in [0, 0.1) is 5.92 Å². The van der Waals surface area contributed by atoms with Gasteiger partial charge in [0.1, 0.15) is 12.2 Å². The lowest BCUT2D eigenvalue weighted by Gasteiger charge is -2.20. The Bertz CT molecular complexity index is 143. The van der Waals surface area contributed by atoms with E-state index < -0.39 is 12.2 Å². The van der Waals surface area contributed by atoms with Crippen LogP contribution < -0.4 is 0 Å². The summed E-state index contributed by atoms with van der Waals surface area (Å²) < 4.78 is 10.3. The largest absolute Gasteiger partial charge is 0.396 e. The smallest absolute Gasteiger partial charge is 0.104 e. The molecule has 0 aliphatic carbocycles. The van der Waals surface area contributed by atoms with Crippen LogP contribution in [0.15, 0.2) is 0 Å². The van der Waals surface area contributed by atoms with Gasteiger partial charge in [0.25, 0.3) is 0 Å². The standard InChI is InChI=1S/C10H22O7/c11-1-8(6-16-9(2-12)3-13)7-17-10(4-14)5-15/h8-15H,1-7H2. The van der Waals surface area contributed by atoms with Crippen LogP contribution in [0.25, 0.3) is 0 Å².